The highest BCUT2D eigenvalue weighted by molar-refractivity contribution is 6.32. The summed E-state index contributed by atoms with van der Waals surface area (Å²) in [7, 11) is 0. The maximum atomic E-state index is 13.8. The van der Waals surface area contributed by atoms with Crippen LogP contribution in [-0.2, 0) is 17.4 Å². The molecule has 218 valence electrons. The first-order valence-corrected chi connectivity index (χ1v) is 13.7. The minimum atomic E-state index is -4.43. The smallest absolute Gasteiger partial charge is 0.416 e. The standard InChI is InChI=1S/C30H24Cl2F3N3O4/c31-20-9-5-18(6-10-20)28-23(17-26(39)40)27(36-38(28)25-4-2-1-3-24(25)32)29(41)37-15-13-22(14-16-37)42-21-11-7-19(8-12-21)30(33,34)35/h1-12,22H,13-17H2,(H,39,40). The molecule has 2 heterocycles. The van der Waals surface area contributed by atoms with Crippen LogP contribution in [0.25, 0.3) is 16.9 Å². The molecule has 0 radical (unpaired) electrons. The average Bonchev–Trinajstić information content (AvgIpc) is 3.31. The Hall–Kier alpha value is -4.02. The number of rotatable bonds is 7. The van der Waals surface area contributed by atoms with Gasteiger partial charge in [-0.05, 0) is 48.5 Å². The summed E-state index contributed by atoms with van der Waals surface area (Å²) in [5.74, 6) is -1.27. The lowest BCUT2D eigenvalue weighted by molar-refractivity contribution is -0.138. The molecule has 0 bridgehead atoms. The van der Waals surface area contributed by atoms with Crippen LogP contribution in [0.3, 0.4) is 0 Å². The largest absolute Gasteiger partial charge is 0.490 e. The van der Waals surface area contributed by atoms with Crippen LogP contribution in [0.1, 0.15) is 34.5 Å². The first-order chi connectivity index (χ1) is 20.0. The van der Waals surface area contributed by atoms with Crippen molar-refractivity contribution in [3.63, 3.8) is 0 Å². The number of carbonyl (C=O) groups excluding carboxylic acids is 1. The fourth-order valence-corrected chi connectivity index (χ4v) is 5.23. The number of carboxylic acids is 1. The third-order valence-corrected chi connectivity index (χ3v) is 7.50. The van der Waals surface area contributed by atoms with Gasteiger partial charge in [0.05, 0.1) is 28.4 Å². The van der Waals surface area contributed by atoms with Gasteiger partial charge < -0.3 is 14.7 Å². The van der Waals surface area contributed by atoms with Gasteiger partial charge in [-0.3, -0.25) is 9.59 Å². The Balaban J connectivity index is 1.42. The highest BCUT2D eigenvalue weighted by atomic mass is 35.5. The van der Waals surface area contributed by atoms with Crippen LogP contribution in [0, 0.1) is 0 Å². The molecule has 0 saturated carbocycles. The summed E-state index contributed by atoms with van der Waals surface area (Å²) in [6, 6.07) is 18.1. The van der Waals surface area contributed by atoms with Crippen molar-refractivity contribution in [3.8, 4) is 22.7 Å². The van der Waals surface area contributed by atoms with Crippen molar-refractivity contribution in [1.29, 1.82) is 0 Å². The number of aliphatic carboxylic acids is 1. The van der Waals surface area contributed by atoms with E-state index in [0.717, 1.165) is 12.1 Å². The molecule has 0 atom stereocenters. The Kier molecular flexibility index (Phi) is 8.47. The number of alkyl halides is 3. The minimum absolute atomic E-state index is 0.00984. The summed E-state index contributed by atoms with van der Waals surface area (Å²) < 4.78 is 45.9. The number of benzene rings is 3. The molecule has 1 aliphatic rings. The van der Waals surface area contributed by atoms with Gasteiger partial charge in [-0.1, -0.05) is 47.5 Å². The molecule has 1 aliphatic heterocycles. The molecule has 0 spiro atoms. The third-order valence-electron chi connectivity index (χ3n) is 6.93. The predicted octanol–water partition coefficient (Wildman–Crippen LogP) is 7.18. The Labute approximate surface area is 249 Å². The van der Waals surface area contributed by atoms with Crippen LogP contribution < -0.4 is 4.74 Å². The molecule has 5 rings (SSSR count). The summed E-state index contributed by atoms with van der Waals surface area (Å²) in [5.41, 5.74) is 0.944. The number of para-hydroxylation sites is 1. The summed E-state index contributed by atoms with van der Waals surface area (Å²) >= 11 is 12.6. The number of nitrogens with zero attached hydrogens (tertiary/aromatic N) is 3. The van der Waals surface area contributed by atoms with E-state index in [-0.39, 0.29) is 30.5 Å². The van der Waals surface area contributed by atoms with Gasteiger partial charge in [0.25, 0.3) is 5.91 Å². The number of hydrogen-bond donors (Lipinski definition) is 1. The third kappa shape index (κ3) is 6.39. The van der Waals surface area contributed by atoms with Gasteiger partial charge in [0, 0.05) is 42.1 Å². The van der Waals surface area contributed by atoms with Gasteiger partial charge >= 0.3 is 12.1 Å². The fraction of sp³-hybridized carbons (Fsp3) is 0.233. The van der Waals surface area contributed by atoms with Gasteiger partial charge in [-0.2, -0.15) is 18.3 Å². The lowest BCUT2D eigenvalue weighted by Crippen LogP contribution is -2.42. The molecule has 1 N–H and O–H groups in total. The number of amides is 1. The Morgan fingerprint density at radius 3 is 2.19 bits per heavy atom. The van der Waals surface area contributed by atoms with Crippen molar-refractivity contribution in [2.24, 2.45) is 0 Å². The van der Waals surface area contributed by atoms with Crippen molar-refractivity contribution in [3.05, 3.63) is 99.7 Å². The van der Waals surface area contributed by atoms with Crippen molar-refractivity contribution in [2.45, 2.75) is 31.5 Å². The van der Waals surface area contributed by atoms with E-state index < -0.39 is 30.0 Å². The molecule has 1 saturated heterocycles. The molecule has 0 unspecified atom stereocenters. The topological polar surface area (TPSA) is 84.7 Å². The molecule has 7 nitrogen and oxygen atoms in total. The number of likely N-dealkylation sites (tertiary alicyclic amines) is 1. The van der Waals surface area contributed by atoms with Crippen LogP contribution in [0.5, 0.6) is 5.75 Å². The monoisotopic (exact) mass is 617 g/mol. The average molecular weight is 618 g/mol. The Morgan fingerprint density at radius 1 is 0.952 bits per heavy atom. The van der Waals surface area contributed by atoms with E-state index in [1.165, 1.54) is 16.8 Å². The molecule has 1 fully saturated rings. The summed E-state index contributed by atoms with van der Waals surface area (Å²) in [6.07, 6.45) is -4.35. The van der Waals surface area contributed by atoms with E-state index in [1.807, 2.05) is 0 Å². The normalized spacial score (nSPS) is 14.2. The van der Waals surface area contributed by atoms with Crippen molar-refractivity contribution >= 4 is 35.1 Å². The maximum absolute atomic E-state index is 13.8. The van der Waals surface area contributed by atoms with Gasteiger partial charge in [0.2, 0.25) is 0 Å². The molecule has 42 heavy (non-hydrogen) atoms. The highest BCUT2D eigenvalue weighted by Gasteiger charge is 2.33. The van der Waals surface area contributed by atoms with Gasteiger partial charge in [0.15, 0.2) is 5.69 Å². The first-order valence-electron chi connectivity index (χ1n) is 13.0. The highest BCUT2D eigenvalue weighted by Crippen LogP contribution is 2.34. The number of ether oxygens (including phenoxy) is 1. The van der Waals surface area contributed by atoms with Crippen LogP contribution in [0.15, 0.2) is 72.8 Å². The van der Waals surface area contributed by atoms with E-state index in [1.54, 1.807) is 53.4 Å². The van der Waals surface area contributed by atoms with Crippen molar-refractivity contribution in [1.82, 2.24) is 14.7 Å². The van der Waals surface area contributed by atoms with Gasteiger partial charge in [0.1, 0.15) is 11.9 Å². The Bertz CT molecular complexity index is 1600. The zero-order valence-electron chi connectivity index (χ0n) is 21.9. The first kappa shape index (κ1) is 29.5. The molecule has 4 aromatic rings. The molecule has 12 heteroatoms. The van der Waals surface area contributed by atoms with Gasteiger partial charge in [-0.25, -0.2) is 4.68 Å². The second-order valence-corrected chi connectivity index (χ2v) is 10.6. The van der Waals surface area contributed by atoms with Crippen molar-refractivity contribution in [2.75, 3.05) is 13.1 Å². The second kappa shape index (κ2) is 12.1. The molecule has 3 aromatic carbocycles. The summed E-state index contributed by atoms with van der Waals surface area (Å²) in [6.45, 7) is 0.567. The lowest BCUT2D eigenvalue weighted by atomic mass is 10.0. The zero-order valence-corrected chi connectivity index (χ0v) is 23.5. The summed E-state index contributed by atoms with van der Waals surface area (Å²) in [5, 5.41) is 15.2. The fourth-order valence-electron chi connectivity index (χ4n) is 4.88. The molecular formula is C30H24Cl2F3N3O4. The minimum Gasteiger partial charge on any atom is -0.490 e. The lowest BCUT2D eigenvalue weighted by Gasteiger charge is -2.32. The van der Waals surface area contributed by atoms with Gasteiger partial charge in [-0.15, -0.1) is 0 Å². The zero-order chi connectivity index (χ0) is 30.0. The molecule has 0 aliphatic carbocycles. The van der Waals surface area contributed by atoms with E-state index in [2.05, 4.69) is 5.10 Å². The van der Waals surface area contributed by atoms with Crippen molar-refractivity contribution < 1.29 is 32.6 Å². The molecular weight excluding hydrogens is 594 g/mol. The number of carbonyl (C=O) groups is 2. The summed E-state index contributed by atoms with van der Waals surface area (Å²) in [4.78, 5) is 27.4. The SMILES string of the molecule is O=C(O)Cc1c(C(=O)N2CCC(Oc3ccc(C(F)(F)F)cc3)CC2)nn(-c2ccccc2Cl)c1-c1ccc(Cl)cc1. The predicted molar refractivity (Wildman–Crippen MR) is 151 cm³/mol. The van der Waals surface area contributed by atoms with E-state index in [9.17, 15) is 27.9 Å². The molecule has 1 amide bonds. The Morgan fingerprint density at radius 2 is 1.60 bits per heavy atom. The van der Waals surface area contributed by atoms with E-state index in [0.29, 0.717) is 45.6 Å². The number of halogens is 5. The quantitative estimate of drug-likeness (QED) is 0.237. The van der Waals surface area contributed by atoms with Crippen LogP contribution >= 0.6 is 23.2 Å². The number of piperidine rings is 1. The van der Waals surface area contributed by atoms with Crippen LogP contribution in [0.2, 0.25) is 10.0 Å². The number of carboxylic acid groups (broad SMARTS) is 1. The maximum Gasteiger partial charge on any atom is 0.416 e. The molecule has 1 aromatic heterocycles. The van der Waals surface area contributed by atoms with E-state index in [4.69, 9.17) is 27.9 Å². The van der Waals surface area contributed by atoms with Crippen LogP contribution in [0.4, 0.5) is 13.2 Å². The van der Waals surface area contributed by atoms with E-state index >= 15 is 0 Å². The second-order valence-electron chi connectivity index (χ2n) is 9.75. The number of hydrogen-bond acceptors (Lipinski definition) is 4. The van der Waals surface area contributed by atoms with Crippen LogP contribution in [-0.4, -0.2) is 50.9 Å². The number of aromatic nitrogens is 2.